The third-order valence-corrected chi connectivity index (χ3v) is 4.50. The van der Waals surface area contributed by atoms with Crippen LogP contribution >= 0.6 is 0 Å². The molecule has 0 bridgehead atoms. The Morgan fingerprint density at radius 3 is 2.44 bits per heavy atom. The van der Waals surface area contributed by atoms with Gasteiger partial charge in [0.05, 0.1) is 11.4 Å². The summed E-state index contributed by atoms with van der Waals surface area (Å²) >= 11 is 0. The van der Waals surface area contributed by atoms with Crippen LogP contribution in [0.1, 0.15) is 38.7 Å². The molecule has 0 saturated heterocycles. The molecule has 5 N–H and O–H groups in total. The molecular weight excluding hydrogens is 330 g/mol. The van der Waals surface area contributed by atoms with Crippen molar-refractivity contribution in [1.29, 1.82) is 5.41 Å². The van der Waals surface area contributed by atoms with Gasteiger partial charge in [-0.1, -0.05) is 81.5 Å². The summed E-state index contributed by atoms with van der Waals surface area (Å²) in [6.07, 6.45) is 12.5. The molecule has 1 aromatic rings. The molecule has 3 nitrogen and oxygen atoms in total. The maximum atomic E-state index is 8.55. The Morgan fingerprint density at radius 2 is 1.85 bits per heavy atom. The molecule has 0 atom stereocenters. The zero-order valence-electron chi connectivity index (χ0n) is 16.3. The van der Waals surface area contributed by atoms with Gasteiger partial charge in [0.1, 0.15) is 0 Å². The van der Waals surface area contributed by atoms with Gasteiger partial charge in [-0.15, -0.1) is 0 Å². The third kappa shape index (κ3) is 4.76. The van der Waals surface area contributed by atoms with Crippen LogP contribution in [0, 0.1) is 5.41 Å². The second-order valence-electron chi connectivity index (χ2n) is 6.46. The molecule has 0 aliphatic heterocycles. The first-order valence-corrected chi connectivity index (χ1v) is 9.39. The second kappa shape index (κ2) is 9.58. The molecule has 2 rings (SSSR count). The van der Waals surface area contributed by atoms with Gasteiger partial charge in [-0.2, -0.15) is 0 Å². The molecule has 0 aromatic heterocycles. The van der Waals surface area contributed by atoms with Crippen molar-refractivity contribution in [1.82, 2.24) is 0 Å². The highest BCUT2D eigenvalue weighted by molar-refractivity contribution is 6.14. The highest BCUT2D eigenvalue weighted by Gasteiger charge is 2.18. The summed E-state index contributed by atoms with van der Waals surface area (Å²) < 4.78 is 0. The summed E-state index contributed by atoms with van der Waals surface area (Å²) in [5.74, 6) is 0. The molecule has 0 fully saturated rings. The van der Waals surface area contributed by atoms with E-state index in [0.717, 1.165) is 47.1 Å². The van der Waals surface area contributed by atoms with Crippen LogP contribution in [0.3, 0.4) is 0 Å². The summed E-state index contributed by atoms with van der Waals surface area (Å²) in [5.41, 5.74) is 18.7. The van der Waals surface area contributed by atoms with Crippen LogP contribution in [-0.4, -0.2) is 5.71 Å². The van der Waals surface area contributed by atoms with E-state index in [1.165, 1.54) is 0 Å². The Hall–Kier alpha value is -3.07. The highest BCUT2D eigenvalue weighted by atomic mass is 14.7. The zero-order chi connectivity index (χ0) is 19.8. The van der Waals surface area contributed by atoms with E-state index in [-0.39, 0.29) is 0 Å². The van der Waals surface area contributed by atoms with Crippen molar-refractivity contribution >= 4 is 11.4 Å². The van der Waals surface area contributed by atoms with Gasteiger partial charge in [-0.3, -0.25) is 5.41 Å². The van der Waals surface area contributed by atoms with Gasteiger partial charge in [-0.25, -0.2) is 0 Å². The molecule has 0 amide bonds. The first-order chi connectivity index (χ1) is 13.0. The van der Waals surface area contributed by atoms with E-state index in [0.29, 0.717) is 17.1 Å². The largest absolute Gasteiger partial charge is 0.398 e. The number of hydrogen-bond donors (Lipinski definition) is 3. The number of rotatable bonds is 7. The maximum absolute atomic E-state index is 8.55. The fourth-order valence-electron chi connectivity index (χ4n) is 3.11. The van der Waals surface area contributed by atoms with Crippen molar-refractivity contribution in [3.63, 3.8) is 0 Å². The van der Waals surface area contributed by atoms with Gasteiger partial charge in [-0.05, 0) is 41.2 Å². The standard InChI is InChI=1S/C24H29N3/c1-4-10-18-14-15-21(24(27)23(18)26)20(6-3)19(11-5-2)16-22(25)17-12-8-7-9-13-17/h6-9,11-16,27H,3-5,10,25-26H2,1-2H3/b19-11+,21-20+,22-16-,27-24?. The van der Waals surface area contributed by atoms with E-state index in [1.807, 2.05) is 48.6 Å². The molecule has 140 valence electrons. The molecule has 3 heteroatoms. The fraction of sp³-hybridized carbons (Fsp3) is 0.208. The van der Waals surface area contributed by atoms with Gasteiger partial charge in [0.25, 0.3) is 0 Å². The number of hydrogen-bond acceptors (Lipinski definition) is 3. The van der Waals surface area contributed by atoms with E-state index in [9.17, 15) is 0 Å². The van der Waals surface area contributed by atoms with Crippen LogP contribution < -0.4 is 11.5 Å². The Bertz CT molecular complexity index is 862. The molecular formula is C24H29N3. The lowest BCUT2D eigenvalue weighted by molar-refractivity contribution is 0.915. The molecule has 1 aliphatic rings. The van der Waals surface area contributed by atoms with Crippen LogP contribution in [0.4, 0.5) is 0 Å². The minimum atomic E-state index is 0.351. The zero-order valence-corrected chi connectivity index (χ0v) is 16.3. The van der Waals surface area contributed by atoms with Crippen LogP contribution in [0.2, 0.25) is 0 Å². The molecule has 0 radical (unpaired) electrons. The lowest BCUT2D eigenvalue weighted by atomic mass is 9.88. The molecule has 1 aromatic carbocycles. The van der Waals surface area contributed by atoms with Crippen molar-refractivity contribution in [3.05, 3.63) is 101 Å². The van der Waals surface area contributed by atoms with Gasteiger partial charge in [0.2, 0.25) is 0 Å². The van der Waals surface area contributed by atoms with Crippen molar-refractivity contribution in [2.45, 2.75) is 33.1 Å². The normalized spacial score (nSPS) is 17.3. The molecule has 0 spiro atoms. The van der Waals surface area contributed by atoms with Crippen molar-refractivity contribution in [2.24, 2.45) is 11.5 Å². The van der Waals surface area contributed by atoms with Crippen molar-refractivity contribution in [3.8, 4) is 0 Å². The Morgan fingerprint density at radius 1 is 1.15 bits per heavy atom. The molecule has 0 saturated carbocycles. The smallest absolute Gasteiger partial charge is 0.0850 e. The Kier molecular flexibility index (Phi) is 7.18. The molecule has 1 aliphatic carbocycles. The number of nitrogens with two attached hydrogens (primary N) is 2. The minimum Gasteiger partial charge on any atom is -0.398 e. The fourth-order valence-corrected chi connectivity index (χ4v) is 3.11. The molecule has 27 heavy (non-hydrogen) atoms. The van der Waals surface area contributed by atoms with Crippen LogP contribution in [0.5, 0.6) is 0 Å². The first-order valence-electron chi connectivity index (χ1n) is 9.39. The van der Waals surface area contributed by atoms with E-state index in [1.54, 1.807) is 6.08 Å². The minimum absolute atomic E-state index is 0.351. The van der Waals surface area contributed by atoms with E-state index in [2.05, 4.69) is 26.5 Å². The Balaban J connectivity index is 2.51. The predicted molar refractivity (Wildman–Crippen MR) is 117 cm³/mol. The van der Waals surface area contributed by atoms with E-state index >= 15 is 0 Å². The van der Waals surface area contributed by atoms with Crippen LogP contribution in [-0.2, 0) is 0 Å². The van der Waals surface area contributed by atoms with Gasteiger partial charge < -0.3 is 11.5 Å². The number of benzene rings is 1. The molecule has 0 heterocycles. The van der Waals surface area contributed by atoms with Crippen LogP contribution in [0.25, 0.3) is 5.70 Å². The number of nitrogens with one attached hydrogen (secondary N) is 1. The average molecular weight is 360 g/mol. The summed E-state index contributed by atoms with van der Waals surface area (Å²) in [6.45, 7) is 8.16. The van der Waals surface area contributed by atoms with E-state index < -0.39 is 0 Å². The quantitative estimate of drug-likeness (QED) is 0.569. The van der Waals surface area contributed by atoms with Gasteiger partial charge in [0.15, 0.2) is 0 Å². The summed E-state index contributed by atoms with van der Waals surface area (Å²) in [6, 6.07) is 9.86. The van der Waals surface area contributed by atoms with E-state index in [4.69, 9.17) is 16.9 Å². The van der Waals surface area contributed by atoms with Crippen molar-refractivity contribution in [2.75, 3.05) is 0 Å². The first kappa shape index (κ1) is 20.2. The SMILES string of the molecule is C=CC(/C(/C=C(\N)c1ccccc1)=C/CC)=C1/C=CC(CCC)=C(N)C1=N. The van der Waals surface area contributed by atoms with Crippen molar-refractivity contribution < 1.29 is 0 Å². The lowest BCUT2D eigenvalue weighted by Gasteiger charge is -2.19. The predicted octanol–water partition coefficient (Wildman–Crippen LogP) is 5.41. The summed E-state index contributed by atoms with van der Waals surface area (Å²) in [7, 11) is 0. The Labute approximate surface area is 162 Å². The lowest BCUT2D eigenvalue weighted by Crippen LogP contribution is -2.19. The third-order valence-electron chi connectivity index (χ3n) is 4.50. The maximum Gasteiger partial charge on any atom is 0.0850 e. The van der Waals surface area contributed by atoms with Crippen LogP contribution in [0.15, 0.2) is 95.3 Å². The summed E-state index contributed by atoms with van der Waals surface area (Å²) in [5, 5.41) is 8.55. The second-order valence-corrected chi connectivity index (χ2v) is 6.46. The molecule has 0 unspecified atom stereocenters. The average Bonchev–Trinajstić information content (AvgIpc) is 2.68. The van der Waals surface area contributed by atoms with Gasteiger partial charge in [0, 0.05) is 11.3 Å². The summed E-state index contributed by atoms with van der Waals surface area (Å²) in [4.78, 5) is 0. The highest BCUT2D eigenvalue weighted by Crippen LogP contribution is 2.28. The van der Waals surface area contributed by atoms with Gasteiger partial charge >= 0.3 is 0 Å². The topological polar surface area (TPSA) is 75.9 Å². The monoisotopic (exact) mass is 359 g/mol. The number of allylic oxidation sites excluding steroid dienone is 9.